The summed E-state index contributed by atoms with van der Waals surface area (Å²) < 4.78 is 0. The van der Waals surface area contributed by atoms with Gasteiger partial charge >= 0.3 is 5.97 Å². The van der Waals surface area contributed by atoms with Gasteiger partial charge in [0.2, 0.25) is 0 Å². The van der Waals surface area contributed by atoms with Crippen molar-refractivity contribution in [1.82, 2.24) is 0 Å². The lowest BCUT2D eigenvalue weighted by Crippen LogP contribution is -2.25. The van der Waals surface area contributed by atoms with Crippen molar-refractivity contribution in [2.24, 2.45) is 11.8 Å². The van der Waals surface area contributed by atoms with Gasteiger partial charge in [-0.05, 0) is 50.9 Å². The average Bonchev–Trinajstić information content (AvgIpc) is 2.65. The molecule has 0 saturated heterocycles. The van der Waals surface area contributed by atoms with Crippen molar-refractivity contribution in [3.8, 4) is 0 Å². The fourth-order valence-electron chi connectivity index (χ4n) is 4.36. The van der Waals surface area contributed by atoms with Gasteiger partial charge in [-0.3, -0.25) is 4.79 Å². The lowest BCUT2D eigenvalue weighted by atomic mass is 9.78. The van der Waals surface area contributed by atoms with Gasteiger partial charge in [-0.15, -0.1) is 0 Å². The van der Waals surface area contributed by atoms with Crippen LogP contribution in [-0.4, -0.2) is 11.1 Å². The topological polar surface area (TPSA) is 37.3 Å². The predicted molar refractivity (Wildman–Crippen MR) is 113 cm³/mol. The molecular weight excluding hydrogens is 320 g/mol. The largest absolute Gasteiger partial charge is 0.481 e. The molecule has 0 bridgehead atoms. The van der Waals surface area contributed by atoms with Gasteiger partial charge in [-0.25, -0.2) is 0 Å². The van der Waals surface area contributed by atoms with E-state index in [1.165, 1.54) is 89.9 Å². The first kappa shape index (κ1) is 23.2. The van der Waals surface area contributed by atoms with Crippen molar-refractivity contribution in [2.75, 3.05) is 0 Å². The zero-order chi connectivity index (χ0) is 18.9. The molecule has 1 rings (SSSR count). The second-order valence-electron chi connectivity index (χ2n) is 8.36. The summed E-state index contributed by atoms with van der Waals surface area (Å²) >= 11 is 0. The Bertz CT molecular complexity index is 355. The Morgan fingerprint density at radius 3 is 1.96 bits per heavy atom. The summed E-state index contributed by atoms with van der Waals surface area (Å²) in [6.45, 7) is 2.27. The van der Waals surface area contributed by atoms with Crippen LogP contribution in [0.1, 0.15) is 122 Å². The highest BCUT2D eigenvalue weighted by atomic mass is 16.4. The van der Waals surface area contributed by atoms with Gasteiger partial charge in [0, 0.05) is 0 Å². The van der Waals surface area contributed by atoms with Crippen LogP contribution in [0.25, 0.3) is 0 Å². The predicted octanol–water partition coefficient (Wildman–Crippen LogP) is 7.91. The van der Waals surface area contributed by atoms with Gasteiger partial charge in [0.25, 0.3) is 0 Å². The quantitative estimate of drug-likeness (QED) is 0.223. The van der Waals surface area contributed by atoms with Crippen LogP contribution in [0, 0.1) is 11.8 Å². The van der Waals surface area contributed by atoms with Crippen LogP contribution in [0.5, 0.6) is 0 Å². The Morgan fingerprint density at radius 1 is 0.846 bits per heavy atom. The van der Waals surface area contributed by atoms with E-state index in [0.29, 0.717) is 5.92 Å². The molecule has 0 spiro atoms. The van der Waals surface area contributed by atoms with Crippen LogP contribution in [0.3, 0.4) is 0 Å². The highest BCUT2D eigenvalue weighted by Gasteiger charge is 2.28. The molecule has 1 aliphatic rings. The van der Waals surface area contributed by atoms with E-state index in [2.05, 4.69) is 19.1 Å². The van der Waals surface area contributed by atoms with Crippen molar-refractivity contribution in [1.29, 1.82) is 0 Å². The average molecular weight is 365 g/mol. The van der Waals surface area contributed by atoms with Gasteiger partial charge in [0.1, 0.15) is 0 Å². The van der Waals surface area contributed by atoms with Crippen molar-refractivity contribution in [3.05, 3.63) is 12.2 Å². The molecule has 1 aliphatic carbocycles. The molecule has 2 nitrogen and oxygen atoms in total. The lowest BCUT2D eigenvalue weighted by molar-refractivity contribution is -0.144. The minimum absolute atomic E-state index is 0.0764. The van der Waals surface area contributed by atoms with E-state index in [-0.39, 0.29) is 5.92 Å². The molecule has 1 atom stereocenters. The summed E-state index contributed by atoms with van der Waals surface area (Å²) in [5, 5.41) is 9.52. The van der Waals surface area contributed by atoms with Crippen molar-refractivity contribution in [2.45, 2.75) is 122 Å². The summed E-state index contributed by atoms with van der Waals surface area (Å²) in [5.41, 5.74) is 0. The van der Waals surface area contributed by atoms with Crippen molar-refractivity contribution >= 4 is 5.97 Å². The molecule has 2 heteroatoms. The van der Waals surface area contributed by atoms with Crippen LogP contribution in [-0.2, 0) is 4.79 Å². The second-order valence-corrected chi connectivity index (χ2v) is 8.36. The molecule has 152 valence electrons. The Hall–Kier alpha value is -0.790. The van der Waals surface area contributed by atoms with Crippen LogP contribution in [0.15, 0.2) is 12.2 Å². The SMILES string of the molecule is CCCCCCCC/C=C\CCCCCCC(C(=O)O)C1CCCCC1. The van der Waals surface area contributed by atoms with E-state index in [4.69, 9.17) is 0 Å². The molecule has 0 aliphatic heterocycles. The molecule has 26 heavy (non-hydrogen) atoms. The first-order chi connectivity index (χ1) is 12.8. The van der Waals surface area contributed by atoms with E-state index in [0.717, 1.165) is 25.7 Å². The van der Waals surface area contributed by atoms with E-state index in [1.54, 1.807) is 0 Å². The maximum Gasteiger partial charge on any atom is 0.306 e. The Labute approximate surface area is 162 Å². The highest BCUT2D eigenvalue weighted by Crippen LogP contribution is 2.33. The smallest absolute Gasteiger partial charge is 0.306 e. The van der Waals surface area contributed by atoms with Gasteiger partial charge < -0.3 is 5.11 Å². The standard InChI is InChI=1S/C24H44O2/c1-2-3-4-5-6-7-8-9-10-11-12-13-14-18-21-23(24(25)26)22-19-16-15-17-20-22/h9-10,22-23H,2-8,11-21H2,1H3,(H,25,26)/b10-9-. The Balaban J connectivity index is 1.94. The summed E-state index contributed by atoms with van der Waals surface area (Å²) in [6, 6.07) is 0. The molecule has 0 heterocycles. The number of carbonyl (C=O) groups is 1. The molecule has 0 aromatic carbocycles. The monoisotopic (exact) mass is 364 g/mol. The first-order valence-corrected chi connectivity index (χ1v) is 11.6. The van der Waals surface area contributed by atoms with Crippen molar-refractivity contribution < 1.29 is 9.90 Å². The number of hydrogen-bond donors (Lipinski definition) is 1. The summed E-state index contributed by atoms with van der Waals surface area (Å²) in [5.74, 6) is -0.173. The lowest BCUT2D eigenvalue weighted by Gasteiger charge is -2.27. The van der Waals surface area contributed by atoms with Gasteiger partial charge in [-0.1, -0.05) is 89.7 Å². The fourth-order valence-corrected chi connectivity index (χ4v) is 4.36. The zero-order valence-corrected chi connectivity index (χ0v) is 17.4. The summed E-state index contributed by atoms with van der Waals surface area (Å²) in [6.07, 6.45) is 27.2. The van der Waals surface area contributed by atoms with Gasteiger partial charge in [0.15, 0.2) is 0 Å². The highest BCUT2D eigenvalue weighted by molar-refractivity contribution is 5.70. The van der Waals surface area contributed by atoms with Crippen LogP contribution in [0.2, 0.25) is 0 Å². The molecular formula is C24H44O2. The van der Waals surface area contributed by atoms with E-state index in [1.807, 2.05) is 0 Å². The number of unbranched alkanes of at least 4 members (excludes halogenated alkanes) is 10. The van der Waals surface area contributed by atoms with Crippen LogP contribution < -0.4 is 0 Å². The molecule has 1 unspecified atom stereocenters. The molecule has 1 saturated carbocycles. The second kappa shape index (κ2) is 16.4. The number of hydrogen-bond acceptors (Lipinski definition) is 1. The van der Waals surface area contributed by atoms with E-state index in [9.17, 15) is 9.90 Å². The number of carboxylic acids is 1. The first-order valence-electron chi connectivity index (χ1n) is 11.6. The van der Waals surface area contributed by atoms with Crippen LogP contribution >= 0.6 is 0 Å². The number of carboxylic acid groups (broad SMARTS) is 1. The third-order valence-corrected chi connectivity index (χ3v) is 6.06. The zero-order valence-electron chi connectivity index (χ0n) is 17.4. The molecule has 1 fully saturated rings. The van der Waals surface area contributed by atoms with Crippen LogP contribution in [0.4, 0.5) is 0 Å². The Kier molecular flexibility index (Phi) is 14.7. The van der Waals surface area contributed by atoms with Crippen molar-refractivity contribution in [3.63, 3.8) is 0 Å². The third-order valence-electron chi connectivity index (χ3n) is 6.06. The van der Waals surface area contributed by atoms with E-state index < -0.39 is 5.97 Å². The molecule has 0 radical (unpaired) electrons. The van der Waals surface area contributed by atoms with E-state index >= 15 is 0 Å². The number of rotatable bonds is 16. The maximum atomic E-state index is 11.6. The normalized spacial score (nSPS) is 17.0. The summed E-state index contributed by atoms with van der Waals surface area (Å²) in [4.78, 5) is 11.6. The van der Waals surface area contributed by atoms with Gasteiger partial charge in [-0.2, -0.15) is 0 Å². The maximum absolute atomic E-state index is 11.6. The van der Waals surface area contributed by atoms with Gasteiger partial charge in [0.05, 0.1) is 5.92 Å². The summed E-state index contributed by atoms with van der Waals surface area (Å²) in [7, 11) is 0. The minimum atomic E-state index is -0.547. The third kappa shape index (κ3) is 11.8. The molecule has 0 aromatic heterocycles. The number of allylic oxidation sites excluding steroid dienone is 2. The Morgan fingerprint density at radius 2 is 1.38 bits per heavy atom. The fraction of sp³-hybridized carbons (Fsp3) is 0.875. The molecule has 0 aromatic rings. The number of aliphatic carboxylic acids is 1. The molecule has 0 amide bonds. The minimum Gasteiger partial charge on any atom is -0.481 e. The molecule has 1 N–H and O–H groups in total.